The summed E-state index contributed by atoms with van der Waals surface area (Å²) in [5, 5.41) is 0.657. The summed E-state index contributed by atoms with van der Waals surface area (Å²) in [6, 6.07) is 11.8. The van der Waals surface area contributed by atoms with Crippen molar-refractivity contribution in [1.82, 2.24) is 0 Å². The largest absolute Gasteiger partial charge is 0.298 e. The molecule has 2 aromatic rings. The molecule has 0 radical (unpaired) electrons. The molecule has 0 N–H and O–H groups in total. The van der Waals surface area contributed by atoms with E-state index in [0.29, 0.717) is 16.3 Å². The van der Waals surface area contributed by atoms with Crippen LogP contribution in [0.25, 0.3) is 0 Å². The summed E-state index contributed by atoms with van der Waals surface area (Å²) in [7, 11) is 0. The molecule has 0 aliphatic carbocycles. The van der Waals surface area contributed by atoms with Crippen LogP contribution in [0.5, 0.6) is 0 Å². The third-order valence-corrected chi connectivity index (χ3v) is 4.33. The van der Waals surface area contributed by atoms with E-state index in [1.54, 1.807) is 24.3 Å². The van der Waals surface area contributed by atoms with Crippen molar-refractivity contribution in [3.63, 3.8) is 0 Å². The van der Waals surface area contributed by atoms with E-state index in [0.717, 1.165) is 4.90 Å². The van der Waals surface area contributed by atoms with Gasteiger partial charge in [-0.25, -0.2) is 4.39 Å². The van der Waals surface area contributed by atoms with Crippen molar-refractivity contribution >= 4 is 40.7 Å². The zero-order valence-corrected chi connectivity index (χ0v) is 12.7. The second-order valence-corrected chi connectivity index (χ2v) is 6.04. The fourth-order valence-corrected chi connectivity index (χ4v) is 2.93. The van der Waals surface area contributed by atoms with E-state index >= 15 is 0 Å². The molecule has 0 aliphatic rings. The first-order valence-corrected chi connectivity index (χ1v) is 7.63. The van der Waals surface area contributed by atoms with Crippen LogP contribution in [0.1, 0.15) is 5.56 Å². The standard InChI is InChI=1S/C15H11Cl2FOS/c16-11-4-2-5-13(8-11)20-9-12(19)7-10-3-1-6-14(18)15(10)17/h1-6,8H,7,9H2. The van der Waals surface area contributed by atoms with Crippen molar-refractivity contribution in [2.45, 2.75) is 11.3 Å². The Balaban J connectivity index is 1.94. The highest BCUT2D eigenvalue weighted by atomic mass is 35.5. The molecule has 0 atom stereocenters. The molecule has 0 saturated heterocycles. The Morgan fingerprint density at radius 1 is 1.15 bits per heavy atom. The first kappa shape index (κ1) is 15.4. The topological polar surface area (TPSA) is 17.1 Å². The van der Waals surface area contributed by atoms with Crippen LogP contribution in [0, 0.1) is 5.82 Å². The highest BCUT2D eigenvalue weighted by molar-refractivity contribution is 8.00. The van der Waals surface area contributed by atoms with Crippen LogP contribution in [0.3, 0.4) is 0 Å². The van der Waals surface area contributed by atoms with E-state index < -0.39 is 5.82 Å². The highest BCUT2D eigenvalue weighted by Crippen LogP contribution is 2.24. The zero-order valence-electron chi connectivity index (χ0n) is 10.4. The summed E-state index contributed by atoms with van der Waals surface area (Å²) in [4.78, 5) is 12.8. The van der Waals surface area contributed by atoms with Crippen molar-refractivity contribution in [3.05, 3.63) is 63.9 Å². The third kappa shape index (κ3) is 4.23. The number of carbonyl (C=O) groups excluding carboxylic acids is 1. The Hall–Kier alpha value is -1.03. The van der Waals surface area contributed by atoms with E-state index in [1.807, 2.05) is 12.1 Å². The lowest BCUT2D eigenvalue weighted by Crippen LogP contribution is -2.06. The van der Waals surface area contributed by atoms with E-state index in [1.165, 1.54) is 17.8 Å². The molecule has 0 spiro atoms. The van der Waals surface area contributed by atoms with Crippen LogP contribution < -0.4 is 0 Å². The first-order chi connectivity index (χ1) is 9.56. The third-order valence-electron chi connectivity index (χ3n) is 2.62. The molecule has 0 amide bonds. The molecular formula is C15H11Cl2FOS. The van der Waals surface area contributed by atoms with Crippen LogP contribution in [0.2, 0.25) is 10.0 Å². The lowest BCUT2D eigenvalue weighted by Gasteiger charge is -2.05. The fourth-order valence-electron chi connectivity index (χ4n) is 1.67. The SMILES string of the molecule is O=C(CSc1cccc(Cl)c1)Cc1cccc(F)c1Cl. The number of rotatable bonds is 5. The van der Waals surface area contributed by atoms with Gasteiger partial charge in [-0.2, -0.15) is 0 Å². The molecule has 1 nitrogen and oxygen atoms in total. The molecule has 2 rings (SSSR count). The fraction of sp³-hybridized carbons (Fsp3) is 0.133. The highest BCUT2D eigenvalue weighted by Gasteiger charge is 2.10. The average Bonchev–Trinajstić information content (AvgIpc) is 2.42. The maximum atomic E-state index is 13.3. The minimum absolute atomic E-state index is 0.0116. The number of carbonyl (C=O) groups is 1. The van der Waals surface area contributed by atoms with Gasteiger partial charge in [-0.05, 0) is 29.8 Å². The lowest BCUT2D eigenvalue weighted by molar-refractivity contribution is -0.116. The van der Waals surface area contributed by atoms with Crippen molar-refractivity contribution in [3.8, 4) is 0 Å². The number of hydrogen-bond donors (Lipinski definition) is 0. The minimum Gasteiger partial charge on any atom is -0.298 e. The lowest BCUT2D eigenvalue weighted by atomic mass is 10.1. The summed E-state index contributed by atoms with van der Waals surface area (Å²) >= 11 is 13.1. The zero-order chi connectivity index (χ0) is 14.5. The van der Waals surface area contributed by atoms with E-state index in [2.05, 4.69) is 0 Å². The molecule has 2 aromatic carbocycles. The Kier molecular flexibility index (Phi) is 5.46. The normalized spacial score (nSPS) is 10.6. The minimum atomic E-state index is -0.500. The molecule has 0 saturated carbocycles. The summed E-state index contributed by atoms with van der Waals surface area (Å²) < 4.78 is 13.3. The van der Waals surface area contributed by atoms with Gasteiger partial charge in [-0.3, -0.25) is 4.79 Å². The van der Waals surface area contributed by atoms with E-state index in [4.69, 9.17) is 23.2 Å². The van der Waals surface area contributed by atoms with Crippen LogP contribution in [-0.2, 0) is 11.2 Å². The Morgan fingerprint density at radius 2 is 1.90 bits per heavy atom. The predicted octanol–water partition coefficient (Wildman–Crippen LogP) is 5.04. The molecule has 0 heterocycles. The molecule has 0 aliphatic heterocycles. The van der Waals surface area contributed by atoms with Crippen LogP contribution in [0.4, 0.5) is 4.39 Å². The maximum Gasteiger partial charge on any atom is 0.147 e. The van der Waals surface area contributed by atoms with Crippen LogP contribution in [0.15, 0.2) is 47.4 Å². The number of hydrogen-bond acceptors (Lipinski definition) is 2. The number of ketones is 1. The molecule has 20 heavy (non-hydrogen) atoms. The van der Waals surface area contributed by atoms with Gasteiger partial charge in [-0.1, -0.05) is 41.4 Å². The Morgan fingerprint density at radius 3 is 2.65 bits per heavy atom. The monoisotopic (exact) mass is 328 g/mol. The number of thioether (sulfide) groups is 1. The number of halogens is 3. The second kappa shape index (κ2) is 7.11. The average molecular weight is 329 g/mol. The molecule has 5 heteroatoms. The predicted molar refractivity (Wildman–Crippen MR) is 82.3 cm³/mol. The van der Waals surface area contributed by atoms with Gasteiger partial charge in [0.25, 0.3) is 0 Å². The van der Waals surface area contributed by atoms with E-state index in [-0.39, 0.29) is 17.2 Å². The second-order valence-electron chi connectivity index (χ2n) is 4.17. The van der Waals surface area contributed by atoms with Gasteiger partial charge < -0.3 is 0 Å². The Labute approximate surface area is 131 Å². The van der Waals surface area contributed by atoms with Gasteiger partial charge in [-0.15, -0.1) is 11.8 Å². The molecule has 0 aromatic heterocycles. The summed E-state index contributed by atoms with van der Waals surface area (Å²) in [5.41, 5.74) is 0.517. The molecule has 0 fully saturated rings. The molecular weight excluding hydrogens is 318 g/mol. The van der Waals surface area contributed by atoms with Gasteiger partial charge in [0.1, 0.15) is 11.6 Å². The molecule has 0 unspecified atom stereocenters. The summed E-state index contributed by atoms with van der Waals surface area (Å²) in [5.74, 6) is -0.213. The molecule has 0 bridgehead atoms. The number of Topliss-reactive ketones (excluding diaryl/α,β-unsaturated/α-hetero) is 1. The Bertz CT molecular complexity index is 631. The van der Waals surface area contributed by atoms with Gasteiger partial charge in [0, 0.05) is 16.3 Å². The van der Waals surface area contributed by atoms with Crippen molar-refractivity contribution in [1.29, 1.82) is 0 Å². The van der Waals surface area contributed by atoms with Gasteiger partial charge in [0.15, 0.2) is 0 Å². The van der Waals surface area contributed by atoms with Gasteiger partial charge in [0.2, 0.25) is 0 Å². The number of benzene rings is 2. The van der Waals surface area contributed by atoms with Crippen molar-refractivity contribution in [2.24, 2.45) is 0 Å². The maximum absolute atomic E-state index is 13.3. The van der Waals surface area contributed by atoms with Gasteiger partial charge >= 0.3 is 0 Å². The molecule has 104 valence electrons. The smallest absolute Gasteiger partial charge is 0.147 e. The quantitative estimate of drug-likeness (QED) is 0.715. The van der Waals surface area contributed by atoms with E-state index in [9.17, 15) is 9.18 Å². The summed E-state index contributed by atoms with van der Waals surface area (Å²) in [6.45, 7) is 0. The van der Waals surface area contributed by atoms with Crippen LogP contribution >= 0.6 is 35.0 Å². The van der Waals surface area contributed by atoms with Crippen LogP contribution in [-0.4, -0.2) is 11.5 Å². The van der Waals surface area contributed by atoms with Crippen molar-refractivity contribution < 1.29 is 9.18 Å². The van der Waals surface area contributed by atoms with Crippen molar-refractivity contribution in [2.75, 3.05) is 5.75 Å². The van der Waals surface area contributed by atoms with Gasteiger partial charge in [0.05, 0.1) is 10.8 Å². The first-order valence-electron chi connectivity index (χ1n) is 5.89. The summed E-state index contributed by atoms with van der Waals surface area (Å²) in [6.07, 6.45) is 0.129.